The molecule has 2 N–H and O–H groups in total. The van der Waals surface area contributed by atoms with Crippen molar-refractivity contribution in [3.8, 4) is 0 Å². The number of amides is 3. The third kappa shape index (κ3) is 7.90. The lowest BCUT2D eigenvalue weighted by Crippen LogP contribution is -2.57. The molecule has 2 aromatic rings. The molecule has 0 aliphatic carbocycles. The molecule has 0 saturated carbocycles. The van der Waals surface area contributed by atoms with E-state index in [1.165, 1.54) is 17.0 Å². The highest BCUT2D eigenvalue weighted by molar-refractivity contribution is 5.95. The molecular formula is C28H42FN5O5. The van der Waals surface area contributed by atoms with Gasteiger partial charge in [0.2, 0.25) is 5.91 Å². The van der Waals surface area contributed by atoms with E-state index < -0.39 is 35.4 Å². The van der Waals surface area contributed by atoms with Gasteiger partial charge in [0.1, 0.15) is 11.4 Å². The molecule has 1 aromatic heterocycles. The maximum Gasteiger partial charge on any atom is 0.410 e. The van der Waals surface area contributed by atoms with Crippen LogP contribution in [0.3, 0.4) is 0 Å². The molecule has 2 atom stereocenters. The average molecular weight is 548 g/mol. The van der Waals surface area contributed by atoms with Crippen molar-refractivity contribution in [1.29, 1.82) is 0 Å². The number of aryl methyl sites for hydroxylation is 1. The Hall–Kier alpha value is -3.21. The van der Waals surface area contributed by atoms with E-state index in [9.17, 15) is 18.8 Å². The molecule has 10 nitrogen and oxygen atoms in total. The minimum atomic E-state index is -0.720. The Labute approximate surface area is 229 Å². The number of primary amides is 1. The fourth-order valence-electron chi connectivity index (χ4n) is 4.91. The van der Waals surface area contributed by atoms with Gasteiger partial charge in [-0.05, 0) is 58.1 Å². The summed E-state index contributed by atoms with van der Waals surface area (Å²) < 4.78 is 26.6. The Morgan fingerprint density at radius 1 is 1.21 bits per heavy atom. The molecule has 1 aliphatic heterocycles. The number of nitrogens with two attached hydrogens (primary N) is 1. The summed E-state index contributed by atoms with van der Waals surface area (Å²) in [6.45, 7) is 11.1. The maximum atomic E-state index is 14.2. The van der Waals surface area contributed by atoms with Gasteiger partial charge in [-0.15, -0.1) is 0 Å². The van der Waals surface area contributed by atoms with Crippen LogP contribution in [0.15, 0.2) is 18.2 Å². The standard InChI is InChI=1S/C28H42FN5O5/c1-18(2)15-34(21-13-19(24(30)35)16-32(17-21)27(37)39-28(3,4)5)26(36)25-31-22-14-20(29)9-10-23(22)33(25)11-7-8-12-38-6/h9-10,14,18-19,21H,7-8,11-13,15-17H2,1-6H3,(H2,30,35)/t19-,21+/m1/s1. The number of aromatic nitrogens is 2. The van der Waals surface area contributed by atoms with Gasteiger partial charge in [-0.1, -0.05) is 13.8 Å². The van der Waals surface area contributed by atoms with Gasteiger partial charge in [0, 0.05) is 46.0 Å². The number of hydrogen-bond donors (Lipinski definition) is 1. The number of halogens is 1. The lowest BCUT2D eigenvalue weighted by Gasteiger charge is -2.42. The van der Waals surface area contributed by atoms with Crippen LogP contribution < -0.4 is 5.73 Å². The van der Waals surface area contributed by atoms with E-state index in [-0.39, 0.29) is 30.7 Å². The summed E-state index contributed by atoms with van der Waals surface area (Å²) in [6, 6.07) is 3.81. The molecule has 0 radical (unpaired) electrons. The van der Waals surface area contributed by atoms with E-state index in [1.807, 2.05) is 18.4 Å². The van der Waals surface area contributed by atoms with Gasteiger partial charge in [-0.25, -0.2) is 14.2 Å². The maximum absolute atomic E-state index is 14.2. The fourth-order valence-corrected chi connectivity index (χ4v) is 4.91. The molecule has 0 unspecified atom stereocenters. The molecule has 216 valence electrons. The monoisotopic (exact) mass is 547 g/mol. The molecule has 3 amide bonds. The highest BCUT2D eigenvalue weighted by Crippen LogP contribution is 2.27. The number of carbonyl (C=O) groups is 3. The molecule has 1 aromatic carbocycles. The van der Waals surface area contributed by atoms with Crippen LogP contribution in [0, 0.1) is 17.7 Å². The number of unbranched alkanes of at least 4 members (excludes halogenated alkanes) is 1. The van der Waals surface area contributed by atoms with E-state index in [4.69, 9.17) is 15.2 Å². The van der Waals surface area contributed by atoms with Crippen LogP contribution in [0.2, 0.25) is 0 Å². The molecule has 0 bridgehead atoms. The van der Waals surface area contributed by atoms with Gasteiger partial charge in [0.15, 0.2) is 5.82 Å². The smallest absolute Gasteiger partial charge is 0.410 e. The molecule has 1 saturated heterocycles. The Morgan fingerprint density at radius 2 is 1.92 bits per heavy atom. The topological polar surface area (TPSA) is 120 Å². The largest absolute Gasteiger partial charge is 0.444 e. The minimum Gasteiger partial charge on any atom is -0.444 e. The van der Waals surface area contributed by atoms with Crippen molar-refractivity contribution in [1.82, 2.24) is 19.4 Å². The Morgan fingerprint density at radius 3 is 2.54 bits per heavy atom. The number of rotatable bonds is 10. The second-order valence-corrected chi connectivity index (χ2v) is 11.6. The summed E-state index contributed by atoms with van der Waals surface area (Å²) in [5.41, 5.74) is 6.03. The molecule has 11 heteroatoms. The van der Waals surface area contributed by atoms with Crippen molar-refractivity contribution in [3.05, 3.63) is 29.8 Å². The average Bonchev–Trinajstić information content (AvgIpc) is 3.20. The second-order valence-electron chi connectivity index (χ2n) is 11.6. The van der Waals surface area contributed by atoms with Gasteiger partial charge < -0.3 is 29.6 Å². The number of nitrogens with zero attached hydrogens (tertiary/aromatic N) is 4. The molecule has 3 rings (SSSR count). The van der Waals surface area contributed by atoms with Gasteiger partial charge in [-0.2, -0.15) is 0 Å². The first kappa shape index (κ1) is 30.3. The van der Waals surface area contributed by atoms with E-state index >= 15 is 0 Å². The van der Waals surface area contributed by atoms with E-state index in [0.29, 0.717) is 37.2 Å². The first-order chi connectivity index (χ1) is 18.3. The lowest BCUT2D eigenvalue weighted by atomic mass is 9.92. The predicted molar refractivity (Wildman–Crippen MR) is 146 cm³/mol. The Bertz CT molecular complexity index is 1180. The quantitative estimate of drug-likeness (QED) is 0.452. The summed E-state index contributed by atoms with van der Waals surface area (Å²) in [5, 5.41) is 0. The number of fused-ring (bicyclic) bond motifs is 1. The van der Waals surface area contributed by atoms with Crippen LogP contribution in [0.1, 0.15) is 64.5 Å². The number of carbonyl (C=O) groups excluding carboxylic acids is 3. The van der Waals surface area contributed by atoms with Crippen molar-refractivity contribution in [2.75, 3.05) is 33.4 Å². The van der Waals surface area contributed by atoms with Gasteiger partial charge in [0.25, 0.3) is 5.91 Å². The zero-order valence-corrected chi connectivity index (χ0v) is 23.9. The number of imidazole rings is 1. The SMILES string of the molecule is COCCCCn1c(C(=O)N(CC(C)C)[C@H]2C[C@@H](C(N)=O)CN(C(=O)OC(C)(C)C)C2)nc2cc(F)ccc21. The van der Waals surface area contributed by atoms with Crippen molar-refractivity contribution in [2.45, 2.75) is 72.1 Å². The Kier molecular flexibility index (Phi) is 9.93. The van der Waals surface area contributed by atoms with E-state index in [2.05, 4.69) is 4.98 Å². The summed E-state index contributed by atoms with van der Waals surface area (Å²) >= 11 is 0. The molecule has 2 heterocycles. The number of hydrogen-bond acceptors (Lipinski definition) is 6. The van der Waals surface area contributed by atoms with Gasteiger partial charge in [0.05, 0.1) is 23.0 Å². The van der Waals surface area contributed by atoms with Crippen LogP contribution in [0.5, 0.6) is 0 Å². The van der Waals surface area contributed by atoms with Crippen LogP contribution in [0.25, 0.3) is 11.0 Å². The van der Waals surface area contributed by atoms with Crippen LogP contribution in [0.4, 0.5) is 9.18 Å². The number of benzene rings is 1. The zero-order valence-electron chi connectivity index (χ0n) is 23.9. The second kappa shape index (κ2) is 12.8. The van der Waals surface area contributed by atoms with Crippen molar-refractivity contribution in [2.24, 2.45) is 17.6 Å². The third-order valence-corrected chi connectivity index (χ3v) is 6.63. The highest BCUT2D eigenvalue weighted by atomic mass is 19.1. The molecule has 1 fully saturated rings. The first-order valence-corrected chi connectivity index (χ1v) is 13.5. The van der Waals surface area contributed by atoms with E-state index in [1.54, 1.807) is 38.8 Å². The van der Waals surface area contributed by atoms with Crippen LogP contribution in [-0.2, 0) is 20.8 Å². The number of piperidine rings is 1. The predicted octanol–water partition coefficient (Wildman–Crippen LogP) is 3.81. The molecule has 0 spiro atoms. The number of methoxy groups -OCH3 is 1. The highest BCUT2D eigenvalue weighted by Gasteiger charge is 2.40. The fraction of sp³-hybridized carbons (Fsp3) is 0.643. The zero-order chi connectivity index (χ0) is 28.9. The summed E-state index contributed by atoms with van der Waals surface area (Å²) in [4.78, 5) is 47.2. The normalized spacial score (nSPS) is 18.0. The van der Waals surface area contributed by atoms with E-state index in [0.717, 1.165) is 12.8 Å². The molecular weight excluding hydrogens is 505 g/mol. The summed E-state index contributed by atoms with van der Waals surface area (Å²) in [5.74, 6) is -1.67. The number of ether oxygens (including phenoxy) is 2. The molecule has 39 heavy (non-hydrogen) atoms. The van der Waals surface area contributed by atoms with Crippen LogP contribution >= 0.6 is 0 Å². The van der Waals surface area contributed by atoms with Gasteiger partial charge >= 0.3 is 6.09 Å². The van der Waals surface area contributed by atoms with Crippen molar-refractivity contribution in [3.63, 3.8) is 0 Å². The van der Waals surface area contributed by atoms with Crippen LogP contribution in [-0.4, -0.2) is 82.3 Å². The third-order valence-electron chi connectivity index (χ3n) is 6.63. The van der Waals surface area contributed by atoms with Crippen molar-refractivity contribution < 1.29 is 28.2 Å². The summed E-state index contributed by atoms with van der Waals surface area (Å²) in [7, 11) is 1.64. The lowest BCUT2D eigenvalue weighted by molar-refractivity contribution is -0.124. The van der Waals surface area contributed by atoms with Crippen molar-refractivity contribution >= 4 is 28.9 Å². The molecule has 1 aliphatic rings. The number of likely N-dealkylation sites (tertiary alicyclic amines) is 1. The first-order valence-electron chi connectivity index (χ1n) is 13.5. The minimum absolute atomic E-state index is 0.0925. The Balaban J connectivity index is 2.00. The van der Waals surface area contributed by atoms with Gasteiger partial charge in [-0.3, -0.25) is 9.59 Å². The summed E-state index contributed by atoms with van der Waals surface area (Å²) in [6.07, 6.45) is 1.28.